The number of methoxy groups -OCH3 is 1. The van der Waals surface area contributed by atoms with E-state index in [1.807, 2.05) is 6.92 Å². The third-order valence-electron chi connectivity index (χ3n) is 7.87. The van der Waals surface area contributed by atoms with Gasteiger partial charge in [-0.15, -0.1) is 0 Å². The van der Waals surface area contributed by atoms with Gasteiger partial charge in [0.25, 0.3) is 0 Å². The van der Waals surface area contributed by atoms with Gasteiger partial charge in [0.05, 0.1) is 19.3 Å². The van der Waals surface area contributed by atoms with Gasteiger partial charge in [0.1, 0.15) is 17.6 Å². The van der Waals surface area contributed by atoms with Crippen LogP contribution < -0.4 is 4.74 Å². The quantitative estimate of drug-likeness (QED) is 0.656. The highest BCUT2D eigenvalue weighted by molar-refractivity contribution is 6.25. The number of hydrogen-bond acceptors (Lipinski definition) is 6. The summed E-state index contributed by atoms with van der Waals surface area (Å²) in [5.74, 6) is -0.523. The minimum absolute atomic E-state index is 0.0633. The summed E-state index contributed by atoms with van der Waals surface area (Å²) in [5.41, 5.74) is 1.35. The number of aliphatic hydroxyl groups is 1. The van der Waals surface area contributed by atoms with Gasteiger partial charge in [0.2, 0.25) is 5.78 Å². The van der Waals surface area contributed by atoms with Gasteiger partial charge in [0, 0.05) is 22.6 Å². The second-order valence-electron chi connectivity index (χ2n) is 10.2. The lowest BCUT2D eigenvalue weighted by Crippen LogP contribution is -2.40. The van der Waals surface area contributed by atoms with E-state index in [1.54, 1.807) is 0 Å². The summed E-state index contributed by atoms with van der Waals surface area (Å²) in [6, 6.07) is 1.34. The minimum Gasteiger partial charge on any atom is -0.507 e. The number of carbonyl (C=O) groups is 2. The summed E-state index contributed by atoms with van der Waals surface area (Å²) in [6.45, 7) is 10.5. The van der Waals surface area contributed by atoms with Gasteiger partial charge in [-0.1, -0.05) is 32.9 Å². The molecule has 2 N–H and O–H groups in total. The fourth-order valence-electron chi connectivity index (χ4n) is 5.95. The van der Waals surface area contributed by atoms with Crippen molar-refractivity contribution in [3.63, 3.8) is 0 Å². The van der Waals surface area contributed by atoms with E-state index in [0.717, 1.165) is 31.8 Å². The van der Waals surface area contributed by atoms with Crippen LogP contribution in [-0.2, 0) is 10.2 Å². The molecule has 3 atom stereocenters. The van der Waals surface area contributed by atoms with E-state index < -0.39 is 23.1 Å². The summed E-state index contributed by atoms with van der Waals surface area (Å²) in [4.78, 5) is 25.6. The highest BCUT2D eigenvalue weighted by Gasteiger charge is 2.50. The Morgan fingerprint density at radius 1 is 1.28 bits per heavy atom. The number of phenols is 1. The molecule has 2 aliphatic carbocycles. The summed E-state index contributed by atoms with van der Waals surface area (Å²) >= 11 is 0. The fraction of sp³-hybridized carbons (Fsp3) is 0.538. The molecule has 32 heavy (non-hydrogen) atoms. The van der Waals surface area contributed by atoms with Crippen LogP contribution in [0.2, 0.25) is 0 Å². The maximum atomic E-state index is 12.9. The number of hydrogen-bond donors (Lipinski definition) is 2. The van der Waals surface area contributed by atoms with E-state index in [1.165, 1.54) is 18.7 Å². The molecule has 0 spiro atoms. The first-order chi connectivity index (χ1) is 15.0. The summed E-state index contributed by atoms with van der Waals surface area (Å²) in [7, 11) is 1.32. The van der Waals surface area contributed by atoms with Crippen molar-refractivity contribution in [3.05, 3.63) is 46.7 Å². The number of phenolic OH excluding ortho intramolecular Hbond substituents is 1. The predicted molar refractivity (Wildman–Crippen MR) is 120 cm³/mol. The molecule has 6 heteroatoms. The van der Waals surface area contributed by atoms with Gasteiger partial charge in [0.15, 0.2) is 11.5 Å². The zero-order valence-electron chi connectivity index (χ0n) is 19.3. The first kappa shape index (κ1) is 22.6. The first-order valence-electron chi connectivity index (χ1n) is 11.3. The maximum absolute atomic E-state index is 12.9. The molecule has 1 heterocycles. The number of rotatable bonds is 5. The topological polar surface area (TPSA) is 93.1 Å². The largest absolute Gasteiger partial charge is 0.507 e. The van der Waals surface area contributed by atoms with E-state index in [9.17, 15) is 19.8 Å². The lowest BCUT2D eigenvalue weighted by Gasteiger charge is -2.42. The molecule has 1 saturated carbocycles. The number of allylic oxidation sites excluding steroid dienone is 3. The number of aromatic hydroxyl groups is 1. The summed E-state index contributed by atoms with van der Waals surface area (Å²) < 4.78 is 11.1. The van der Waals surface area contributed by atoms with Crippen LogP contribution in [0.25, 0.3) is 0 Å². The van der Waals surface area contributed by atoms with Crippen LogP contribution in [0.1, 0.15) is 79.2 Å². The van der Waals surface area contributed by atoms with Gasteiger partial charge in [-0.3, -0.25) is 9.59 Å². The van der Waals surface area contributed by atoms with E-state index in [2.05, 4.69) is 20.4 Å². The highest BCUT2D eigenvalue weighted by atomic mass is 16.5. The third-order valence-corrected chi connectivity index (χ3v) is 7.87. The van der Waals surface area contributed by atoms with Crippen molar-refractivity contribution in [1.82, 2.24) is 0 Å². The number of Topliss-reactive ketones (excluding diaryl/α,β-unsaturated/α-hetero) is 1. The van der Waals surface area contributed by atoms with Crippen LogP contribution in [0.3, 0.4) is 0 Å². The molecule has 0 aromatic heterocycles. The molecule has 4 rings (SSSR count). The Kier molecular flexibility index (Phi) is 5.48. The van der Waals surface area contributed by atoms with Crippen molar-refractivity contribution < 1.29 is 29.3 Å². The number of ketones is 2. The van der Waals surface area contributed by atoms with Gasteiger partial charge >= 0.3 is 0 Å². The van der Waals surface area contributed by atoms with Crippen LogP contribution in [0.4, 0.5) is 0 Å². The Morgan fingerprint density at radius 3 is 2.62 bits per heavy atom. The van der Waals surface area contributed by atoms with Crippen molar-refractivity contribution in [2.45, 2.75) is 64.4 Å². The number of aliphatic hydroxyl groups excluding tert-OH is 1. The smallest absolute Gasteiger partial charge is 0.228 e. The Hall–Kier alpha value is -2.60. The van der Waals surface area contributed by atoms with Gasteiger partial charge < -0.3 is 19.7 Å². The molecule has 0 bridgehead atoms. The molecular weight excluding hydrogens is 408 g/mol. The van der Waals surface area contributed by atoms with Crippen molar-refractivity contribution in [2.24, 2.45) is 11.3 Å². The molecule has 1 aliphatic heterocycles. The van der Waals surface area contributed by atoms with E-state index >= 15 is 0 Å². The van der Waals surface area contributed by atoms with E-state index in [-0.39, 0.29) is 40.4 Å². The minimum atomic E-state index is -0.717. The van der Waals surface area contributed by atoms with E-state index in [0.29, 0.717) is 17.9 Å². The third kappa shape index (κ3) is 3.27. The number of ether oxygens (including phenoxy) is 2. The fourth-order valence-corrected chi connectivity index (χ4v) is 5.95. The standard InChI is InChI=1S/C26H32O6/c1-14-7-6-9-25(2,3)16(14)8-10-26(4)20(13-27)32-24-21-15(11-18(29)22(24)26)23(30)19(31-5)12-17(21)28/h11-12,16,20,27,29H,1,6-10,13H2,2-5H3/t16-,20-,26-/m1/s1. The highest BCUT2D eigenvalue weighted by Crippen LogP contribution is 2.55. The Labute approximate surface area is 188 Å². The summed E-state index contributed by atoms with van der Waals surface area (Å²) in [6.07, 6.45) is 5.29. The average Bonchev–Trinajstić information content (AvgIpc) is 3.02. The second-order valence-corrected chi connectivity index (χ2v) is 10.2. The normalized spacial score (nSPS) is 28.7. The van der Waals surface area contributed by atoms with Crippen LogP contribution in [0.15, 0.2) is 30.1 Å². The number of fused-ring (bicyclic) bond motifs is 3. The monoisotopic (exact) mass is 440 g/mol. The van der Waals surface area contributed by atoms with Crippen molar-refractivity contribution in [3.8, 4) is 11.5 Å². The second kappa shape index (κ2) is 7.77. The van der Waals surface area contributed by atoms with Crippen LogP contribution >= 0.6 is 0 Å². The maximum Gasteiger partial charge on any atom is 0.228 e. The molecule has 1 aromatic rings. The zero-order chi connectivity index (χ0) is 23.4. The van der Waals surface area contributed by atoms with Crippen molar-refractivity contribution in [2.75, 3.05) is 13.7 Å². The molecule has 172 valence electrons. The lowest BCUT2D eigenvalue weighted by molar-refractivity contribution is 0.0685. The number of carbonyl (C=O) groups excluding carboxylic acids is 2. The molecule has 1 fully saturated rings. The van der Waals surface area contributed by atoms with Crippen LogP contribution in [0.5, 0.6) is 11.5 Å². The molecule has 0 amide bonds. The van der Waals surface area contributed by atoms with Crippen LogP contribution in [-0.4, -0.2) is 41.6 Å². The molecule has 0 radical (unpaired) electrons. The molecule has 0 saturated heterocycles. The molecular formula is C26H32O6. The van der Waals surface area contributed by atoms with Crippen molar-refractivity contribution >= 4 is 11.6 Å². The van der Waals surface area contributed by atoms with Gasteiger partial charge in [-0.2, -0.15) is 0 Å². The lowest BCUT2D eigenvalue weighted by atomic mass is 9.63. The average molecular weight is 441 g/mol. The van der Waals surface area contributed by atoms with Crippen LogP contribution in [0, 0.1) is 11.3 Å². The Balaban J connectivity index is 1.76. The first-order valence-corrected chi connectivity index (χ1v) is 11.3. The molecule has 6 nitrogen and oxygen atoms in total. The molecule has 3 aliphatic rings. The van der Waals surface area contributed by atoms with E-state index in [4.69, 9.17) is 9.47 Å². The van der Waals surface area contributed by atoms with Crippen molar-refractivity contribution in [1.29, 1.82) is 0 Å². The number of benzene rings is 1. The van der Waals surface area contributed by atoms with Gasteiger partial charge in [-0.05, 0) is 49.5 Å². The SMILES string of the molecule is C=C1CCCC(C)(C)[C@@H]1CC[C@@]1(C)c2c(O)cc3c(c2O[C@@H]1CO)C(=O)C=C(OC)C3=O. The Morgan fingerprint density at radius 2 is 2.00 bits per heavy atom. The van der Waals surface area contributed by atoms with Gasteiger partial charge in [-0.25, -0.2) is 0 Å². The zero-order valence-corrected chi connectivity index (χ0v) is 19.3. The molecule has 1 aromatic carbocycles. The summed E-state index contributed by atoms with van der Waals surface area (Å²) in [5, 5.41) is 21.1. The Bertz CT molecular complexity index is 1030. The predicted octanol–water partition coefficient (Wildman–Crippen LogP) is 4.48. The molecule has 0 unspecified atom stereocenters.